The van der Waals surface area contributed by atoms with Crippen LogP contribution in [0.15, 0.2) is 47.4 Å². The minimum atomic E-state index is 0.0214. The number of rotatable bonds is 1. The molecular weight excluding hydrogens is 268 g/mol. The molecule has 2 aromatic rings. The van der Waals surface area contributed by atoms with Gasteiger partial charge in [-0.3, -0.25) is 4.79 Å². The normalized spacial score (nSPS) is 13.9. The molecule has 1 aliphatic heterocycles. The molecule has 102 valence electrons. The van der Waals surface area contributed by atoms with E-state index >= 15 is 0 Å². The first-order valence-electron chi connectivity index (χ1n) is 6.56. The number of aryl methyl sites for hydroxylation is 1. The molecular formula is C16H16N2OS. The molecule has 0 radical (unpaired) electrons. The summed E-state index contributed by atoms with van der Waals surface area (Å²) in [6, 6.07) is 13.5. The highest BCUT2D eigenvalue weighted by Crippen LogP contribution is 2.35. The Kier molecular flexibility index (Phi) is 3.40. The van der Waals surface area contributed by atoms with E-state index in [0.717, 1.165) is 28.4 Å². The minimum absolute atomic E-state index is 0.0214. The molecule has 0 unspecified atom stereocenters. The molecule has 0 saturated carbocycles. The van der Waals surface area contributed by atoms with Crippen molar-refractivity contribution in [1.82, 2.24) is 0 Å². The number of carbonyl (C=O) groups excluding carboxylic acids is 1. The molecule has 2 N–H and O–H groups in total. The Hall–Kier alpha value is -1.94. The Bertz CT molecular complexity index is 649. The Morgan fingerprint density at radius 2 is 2.05 bits per heavy atom. The van der Waals surface area contributed by atoms with Gasteiger partial charge in [0, 0.05) is 28.4 Å². The first-order valence-corrected chi connectivity index (χ1v) is 7.54. The zero-order chi connectivity index (χ0) is 14.1. The molecule has 0 spiro atoms. The molecule has 3 rings (SSSR count). The van der Waals surface area contributed by atoms with Crippen molar-refractivity contribution >= 4 is 29.0 Å². The summed E-state index contributed by atoms with van der Waals surface area (Å²) in [5, 5.41) is 0. The number of hydrogen-bond donors (Lipinski definition) is 1. The number of amides is 1. The van der Waals surface area contributed by atoms with Crippen molar-refractivity contribution in [3.63, 3.8) is 0 Å². The monoisotopic (exact) mass is 284 g/mol. The number of nitrogens with zero attached hydrogens (tertiary/aromatic N) is 1. The zero-order valence-electron chi connectivity index (χ0n) is 11.3. The van der Waals surface area contributed by atoms with Crippen molar-refractivity contribution in [2.24, 2.45) is 0 Å². The van der Waals surface area contributed by atoms with Crippen LogP contribution in [0.4, 0.5) is 11.4 Å². The summed E-state index contributed by atoms with van der Waals surface area (Å²) >= 11 is 1.79. The third kappa shape index (κ3) is 2.39. The Morgan fingerprint density at radius 1 is 1.25 bits per heavy atom. The Labute approximate surface area is 122 Å². The maximum Gasteiger partial charge on any atom is 0.258 e. The molecule has 2 aromatic carbocycles. The quantitative estimate of drug-likeness (QED) is 0.817. The van der Waals surface area contributed by atoms with Crippen molar-refractivity contribution in [2.75, 3.05) is 22.9 Å². The predicted octanol–water partition coefficient (Wildman–Crippen LogP) is 3.33. The predicted molar refractivity (Wildman–Crippen MR) is 84.4 cm³/mol. The van der Waals surface area contributed by atoms with E-state index in [1.807, 2.05) is 42.2 Å². The smallest absolute Gasteiger partial charge is 0.258 e. The molecule has 0 atom stereocenters. The standard InChI is InChI=1S/C16H16N2OS/c1-11-8-12(10-13(17)9-11)16(19)18-6-7-20-15-5-3-2-4-14(15)18/h2-5,8-10H,6-7,17H2,1H3. The first kappa shape index (κ1) is 13.1. The number of carbonyl (C=O) groups is 1. The molecule has 4 heteroatoms. The van der Waals surface area contributed by atoms with Crippen LogP contribution >= 0.6 is 11.8 Å². The fourth-order valence-electron chi connectivity index (χ4n) is 2.47. The first-order chi connectivity index (χ1) is 9.65. The van der Waals surface area contributed by atoms with Crippen LogP contribution < -0.4 is 10.6 Å². The van der Waals surface area contributed by atoms with Gasteiger partial charge in [0.25, 0.3) is 5.91 Å². The van der Waals surface area contributed by atoms with Crippen molar-refractivity contribution in [3.8, 4) is 0 Å². The SMILES string of the molecule is Cc1cc(N)cc(C(=O)N2CCSc3ccccc32)c1. The van der Waals surface area contributed by atoms with E-state index in [0.29, 0.717) is 11.3 Å². The van der Waals surface area contributed by atoms with E-state index in [2.05, 4.69) is 6.07 Å². The number of nitrogen functional groups attached to an aromatic ring is 1. The van der Waals surface area contributed by atoms with Gasteiger partial charge in [0.1, 0.15) is 0 Å². The van der Waals surface area contributed by atoms with Crippen LogP contribution in [-0.4, -0.2) is 18.2 Å². The number of anilines is 2. The van der Waals surface area contributed by atoms with E-state index in [-0.39, 0.29) is 5.91 Å². The van der Waals surface area contributed by atoms with Crippen molar-refractivity contribution in [3.05, 3.63) is 53.6 Å². The Balaban J connectivity index is 1.99. The molecule has 0 aliphatic carbocycles. The maximum atomic E-state index is 12.7. The fourth-order valence-corrected chi connectivity index (χ4v) is 3.47. The van der Waals surface area contributed by atoms with E-state index in [9.17, 15) is 4.79 Å². The molecule has 0 bridgehead atoms. The molecule has 1 amide bonds. The van der Waals surface area contributed by atoms with E-state index in [4.69, 9.17) is 5.73 Å². The summed E-state index contributed by atoms with van der Waals surface area (Å²) in [7, 11) is 0. The topological polar surface area (TPSA) is 46.3 Å². The lowest BCUT2D eigenvalue weighted by atomic mass is 10.1. The Morgan fingerprint density at radius 3 is 2.85 bits per heavy atom. The van der Waals surface area contributed by atoms with Crippen LogP contribution in [0.3, 0.4) is 0 Å². The van der Waals surface area contributed by atoms with Crippen LogP contribution in [-0.2, 0) is 0 Å². The molecule has 3 nitrogen and oxygen atoms in total. The van der Waals surface area contributed by atoms with Gasteiger partial charge in [-0.25, -0.2) is 0 Å². The summed E-state index contributed by atoms with van der Waals surface area (Å²) in [6.45, 7) is 2.68. The highest BCUT2D eigenvalue weighted by Gasteiger charge is 2.23. The highest BCUT2D eigenvalue weighted by atomic mass is 32.2. The lowest BCUT2D eigenvalue weighted by molar-refractivity contribution is 0.0987. The van der Waals surface area contributed by atoms with Gasteiger partial charge in [0.2, 0.25) is 0 Å². The number of thioether (sulfide) groups is 1. The molecule has 20 heavy (non-hydrogen) atoms. The van der Waals surface area contributed by atoms with Gasteiger partial charge in [0.05, 0.1) is 5.69 Å². The molecule has 0 saturated heterocycles. The number of nitrogens with two attached hydrogens (primary N) is 1. The van der Waals surface area contributed by atoms with Crippen LogP contribution in [0.1, 0.15) is 15.9 Å². The summed E-state index contributed by atoms with van der Waals surface area (Å²) in [6.07, 6.45) is 0. The number of benzene rings is 2. The second kappa shape index (κ2) is 5.21. The zero-order valence-corrected chi connectivity index (χ0v) is 12.1. The van der Waals surface area contributed by atoms with Gasteiger partial charge in [-0.1, -0.05) is 12.1 Å². The van der Waals surface area contributed by atoms with Crippen molar-refractivity contribution in [1.29, 1.82) is 0 Å². The lowest BCUT2D eigenvalue weighted by Gasteiger charge is -2.29. The van der Waals surface area contributed by atoms with Crippen LogP contribution in [0.25, 0.3) is 0 Å². The van der Waals surface area contributed by atoms with Crippen molar-refractivity contribution < 1.29 is 4.79 Å². The van der Waals surface area contributed by atoms with Crippen LogP contribution in [0, 0.1) is 6.92 Å². The molecule has 0 fully saturated rings. The van der Waals surface area contributed by atoms with Gasteiger partial charge in [-0.05, 0) is 42.8 Å². The van der Waals surface area contributed by atoms with Gasteiger partial charge < -0.3 is 10.6 Å². The minimum Gasteiger partial charge on any atom is -0.399 e. The fraction of sp³-hybridized carbons (Fsp3) is 0.188. The average molecular weight is 284 g/mol. The van der Waals surface area contributed by atoms with Gasteiger partial charge in [-0.2, -0.15) is 0 Å². The van der Waals surface area contributed by atoms with Gasteiger partial charge in [0.15, 0.2) is 0 Å². The third-order valence-corrected chi connectivity index (χ3v) is 4.36. The van der Waals surface area contributed by atoms with E-state index in [1.54, 1.807) is 17.8 Å². The third-order valence-electron chi connectivity index (χ3n) is 3.32. The largest absolute Gasteiger partial charge is 0.399 e. The van der Waals surface area contributed by atoms with Gasteiger partial charge >= 0.3 is 0 Å². The number of para-hydroxylation sites is 1. The van der Waals surface area contributed by atoms with E-state index in [1.165, 1.54) is 0 Å². The second-order valence-corrected chi connectivity index (χ2v) is 6.04. The maximum absolute atomic E-state index is 12.7. The highest BCUT2D eigenvalue weighted by molar-refractivity contribution is 7.99. The average Bonchev–Trinajstić information content (AvgIpc) is 2.45. The lowest BCUT2D eigenvalue weighted by Crippen LogP contribution is -2.35. The summed E-state index contributed by atoms with van der Waals surface area (Å²) in [4.78, 5) is 15.7. The van der Waals surface area contributed by atoms with E-state index < -0.39 is 0 Å². The van der Waals surface area contributed by atoms with Gasteiger partial charge in [-0.15, -0.1) is 11.8 Å². The second-order valence-electron chi connectivity index (χ2n) is 4.91. The number of hydrogen-bond acceptors (Lipinski definition) is 3. The van der Waals surface area contributed by atoms with Crippen LogP contribution in [0.2, 0.25) is 0 Å². The van der Waals surface area contributed by atoms with Crippen LogP contribution in [0.5, 0.6) is 0 Å². The van der Waals surface area contributed by atoms with Crippen molar-refractivity contribution in [2.45, 2.75) is 11.8 Å². The summed E-state index contributed by atoms with van der Waals surface area (Å²) < 4.78 is 0. The molecule has 0 aromatic heterocycles. The number of fused-ring (bicyclic) bond motifs is 1. The summed E-state index contributed by atoms with van der Waals surface area (Å²) in [5.41, 5.74) is 9.14. The molecule has 1 aliphatic rings. The molecule has 1 heterocycles. The summed E-state index contributed by atoms with van der Waals surface area (Å²) in [5.74, 6) is 0.942.